The van der Waals surface area contributed by atoms with Crippen molar-refractivity contribution < 1.29 is 18.8 Å². The molecule has 1 aliphatic carbocycles. The van der Waals surface area contributed by atoms with Crippen LogP contribution in [0.4, 0.5) is 9.18 Å². The summed E-state index contributed by atoms with van der Waals surface area (Å²) in [6.45, 7) is 1.78. The lowest BCUT2D eigenvalue weighted by Crippen LogP contribution is -2.44. The quantitative estimate of drug-likeness (QED) is 0.566. The normalized spacial score (nSPS) is 21.0. The minimum atomic E-state index is -0.600. The lowest BCUT2D eigenvalue weighted by molar-refractivity contribution is -0.138. The molecule has 2 N–H and O–H groups in total. The van der Waals surface area contributed by atoms with Crippen LogP contribution in [-0.2, 0) is 22.4 Å². The van der Waals surface area contributed by atoms with Gasteiger partial charge in [-0.15, -0.1) is 0 Å². The molecule has 2 aromatic carbocycles. The molecule has 34 heavy (non-hydrogen) atoms. The molecule has 3 atom stereocenters. The largest absolute Gasteiger partial charge is 0.351 e. The van der Waals surface area contributed by atoms with Gasteiger partial charge in [0.1, 0.15) is 5.82 Å². The summed E-state index contributed by atoms with van der Waals surface area (Å²) in [5.41, 5.74) is 8.03. The van der Waals surface area contributed by atoms with Crippen molar-refractivity contribution in [3.05, 3.63) is 70.1 Å². The number of benzene rings is 2. The van der Waals surface area contributed by atoms with Crippen LogP contribution in [0.1, 0.15) is 36.1 Å². The van der Waals surface area contributed by atoms with E-state index in [1.807, 2.05) is 18.2 Å². The Morgan fingerprint density at radius 1 is 1.12 bits per heavy atom. The number of halogens is 2. The molecule has 2 heterocycles. The molecule has 8 heteroatoms. The zero-order chi connectivity index (χ0) is 24.1. The first-order valence-electron chi connectivity index (χ1n) is 11.4. The van der Waals surface area contributed by atoms with Crippen LogP contribution in [0.25, 0.3) is 10.9 Å². The van der Waals surface area contributed by atoms with Crippen molar-refractivity contribution in [2.24, 2.45) is 11.7 Å². The van der Waals surface area contributed by atoms with Gasteiger partial charge in [0.05, 0.1) is 23.0 Å². The van der Waals surface area contributed by atoms with E-state index in [-0.39, 0.29) is 42.0 Å². The van der Waals surface area contributed by atoms with Gasteiger partial charge in [-0.1, -0.05) is 41.9 Å². The number of ketones is 1. The molecule has 5 rings (SSSR count). The Morgan fingerprint density at radius 3 is 2.65 bits per heavy atom. The zero-order valence-electron chi connectivity index (χ0n) is 18.8. The lowest BCUT2D eigenvalue weighted by Gasteiger charge is -2.27. The third-order valence-electron chi connectivity index (χ3n) is 7.23. The number of nitrogens with zero attached hydrogens (tertiary/aromatic N) is 2. The molecule has 2 unspecified atom stereocenters. The number of aryl methyl sites for hydroxylation is 1. The van der Waals surface area contributed by atoms with Gasteiger partial charge in [-0.3, -0.25) is 14.2 Å². The summed E-state index contributed by atoms with van der Waals surface area (Å²) in [6, 6.07) is 11.1. The maximum atomic E-state index is 14.2. The summed E-state index contributed by atoms with van der Waals surface area (Å²) in [7, 11) is 0. The Kier molecular flexibility index (Phi) is 5.68. The molecule has 2 amide bonds. The number of piperidine rings is 1. The highest BCUT2D eigenvalue weighted by Gasteiger charge is 2.55. The Labute approximate surface area is 201 Å². The molecular weight excluding hydrogens is 457 g/mol. The number of primary amides is 1. The summed E-state index contributed by atoms with van der Waals surface area (Å²) < 4.78 is 15.6. The summed E-state index contributed by atoms with van der Waals surface area (Å²) in [4.78, 5) is 40.4. The van der Waals surface area contributed by atoms with Crippen LogP contribution in [0.5, 0.6) is 0 Å². The molecule has 176 valence electrons. The van der Waals surface area contributed by atoms with E-state index in [1.165, 1.54) is 10.6 Å². The van der Waals surface area contributed by atoms with Gasteiger partial charge in [0.2, 0.25) is 5.91 Å². The van der Waals surface area contributed by atoms with Crippen LogP contribution < -0.4 is 5.73 Å². The van der Waals surface area contributed by atoms with Crippen LogP contribution in [0.3, 0.4) is 0 Å². The van der Waals surface area contributed by atoms with Crippen molar-refractivity contribution in [2.75, 3.05) is 0 Å². The third kappa shape index (κ3) is 3.78. The fraction of sp³-hybridized carbons (Fsp3) is 0.346. The number of rotatable bonds is 6. The van der Waals surface area contributed by atoms with Crippen LogP contribution in [0, 0.1) is 18.7 Å². The Morgan fingerprint density at radius 2 is 1.88 bits per heavy atom. The highest BCUT2D eigenvalue weighted by Crippen LogP contribution is 2.48. The van der Waals surface area contributed by atoms with Gasteiger partial charge < -0.3 is 10.6 Å². The standard InChI is InChI=1S/C26H25ClFN3O3/c1-14-18(17-6-2-3-8-20(17)30(14)26(29)34)13-24(33)31-21-11-16(21)12-22(31)23(32)10-9-15-5-4-7-19(27)25(15)28/h2-8,16,21-22H,9-13H2,1H3,(H2,29,34)/t16?,21?,22-/m0/s1. The number of amides is 2. The summed E-state index contributed by atoms with van der Waals surface area (Å²) >= 11 is 5.85. The number of aromatic nitrogens is 1. The number of para-hydroxylation sites is 1. The summed E-state index contributed by atoms with van der Waals surface area (Å²) in [5, 5.41) is 0.840. The smallest absolute Gasteiger partial charge is 0.323 e. The van der Waals surface area contributed by atoms with E-state index in [0.717, 1.165) is 17.4 Å². The first kappa shape index (κ1) is 22.6. The number of hydrogen-bond acceptors (Lipinski definition) is 3. The van der Waals surface area contributed by atoms with Crippen LogP contribution >= 0.6 is 11.6 Å². The second-order valence-electron chi connectivity index (χ2n) is 9.23. The average Bonchev–Trinajstić information content (AvgIpc) is 3.37. The van der Waals surface area contributed by atoms with Gasteiger partial charge in [-0.25, -0.2) is 9.18 Å². The number of fused-ring (bicyclic) bond motifs is 2. The molecule has 1 aromatic heterocycles. The van der Waals surface area contributed by atoms with Crippen molar-refractivity contribution in [3.63, 3.8) is 0 Å². The zero-order valence-corrected chi connectivity index (χ0v) is 19.5. The van der Waals surface area contributed by atoms with Gasteiger partial charge in [-0.2, -0.15) is 0 Å². The maximum absolute atomic E-state index is 14.2. The second kappa shape index (κ2) is 8.55. The van der Waals surface area contributed by atoms with E-state index in [4.69, 9.17) is 17.3 Å². The summed E-state index contributed by atoms with van der Waals surface area (Å²) in [6.07, 6.45) is 2.02. The maximum Gasteiger partial charge on any atom is 0.323 e. The van der Waals surface area contributed by atoms with Gasteiger partial charge in [0.15, 0.2) is 5.78 Å². The van der Waals surface area contributed by atoms with Crippen molar-refractivity contribution in [3.8, 4) is 0 Å². The fourth-order valence-electron chi connectivity index (χ4n) is 5.45. The van der Waals surface area contributed by atoms with E-state index in [0.29, 0.717) is 29.1 Å². The molecule has 0 bridgehead atoms. The molecule has 1 saturated carbocycles. The molecular formula is C26H25ClFN3O3. The third-order valence-corrected chi connectivity index (χ3v) is 7.52. The van der Waals surface area contributed by atoms with Gasteiger partial charge in [0.25, 0.3) is 0 Å². The van der Waals surface area contributed by atoms with Crippen molar-refractivity contribution in [2.45, 2.75) is 51.1 Å². The molecule has 0 spiro atoms. The molecule has 6 nitrogen and oxygen atoms in total. The second-order valence-corrected chi connectivity index (χ2v) is 9.63. The number of likely N-dealkylation sites (tertiary alicyclic amines) is 1. The topological polar surface area (TPSA) is 85.4 Å². The highest BCUT2D eigenvalue weighted by atomic mass is 35.5. The monoisotopic (exact) mass is 481 g/mol. The number of carbonyl (C=O) groups excluding carboxylic acids is 3. The van der Waals surface area contributed by atoms with E-state index < -0.39 is 17.9 Å². The molecule has 0 radical (unpaired) electrons. The van der Waals surface area contributed by atoms with Crippen LogP contribution in [0.15, 0.2) is 42.5 Å². The summed E-state index contributed by atoms with van der Waals surface area (Å²) in [5.74, 6) is -0.349. The number of nitrogens with two attached hydrogens (primary N) is 1. The van der Waals surface area contributed by atoms with E-state index in [2.05, 4.69) is 0 Å². The molecule has 3 aromatic rings. The first-order chi connectivity index (χ1) is 16.3. The van der Waals surface area contributed by atoms with E-state index in [9.17, 15) is 18.8 Å². The molecule has 1 aliphatic heterocycles. The predicted molar refractivity (Wildman–Crippen MR) is 127 cm³/mol. The Balaban J connectivity index is 1.36. The van der Waals surface area contributed by atoms with Crippen LogP contribution in [0.2, 0.25) is 5.02 Å². The Hall–Kier alpha value is -3.19. The van der Waals surface area contributed by atoms with Gasteiger partial charge in [-0.05, 0) is 55.4 Å². The number of carbonyl (C=O) groups is 3. The number of Topliss-reactive ketones (excluding diaryl/α,β-unsaturated/α-hetero) is 1. The Bertz CT molecular complexity index is 1330. The van der Waals surface area contributed by atoms with Crippen LogP contribution in [-0.4, -0.2) is 39.3 Å². The van der Waals surface area contributed by atoms with E-state index >= 15 is 0 Å². The van der Waals surface area contributed by atoms with Crippen molar-refractivity contribution in [1.82, 2.24) is 9.47 Å². The fourth-order valence-corrected chi connectivity index (χ4v) is 5.65. The van der Waals surface area contributed by atoms with E-state index in [1.54, 1.807) is 30.0 Å². The average molecular weight is 482 g/mol. The predicted octanol–water partition coefficient (Wildman–Crippen LogP) is 4.40. The first-order valence-corrected chi connectivity index (χ1v) is 11.8. The lowest BCUT2D eigenvalue weighted by atomic mass is 9.99. The number of hydrogen-bond donors (Lipinski definition) is 1. The van der Waals surface area contributed by atoms with Gasteiger partial charge in [0, 0.05) is 23.5 Å². The minimum absolute atomic E-state index is 0.0364. The molecule has 2 fully saturated rings. The van der Waals surface area contributed by atoms with Gasteiger partial charge >= 0.3 is 6.03 Å². The SMILES string of the molecule is Cc1c(CC(=O)N2C3CC3C[C@H]2C(=O)CCc2cccc(Cl)c2F)c2ccccc2n1C(N)=O. The highest BCUT2D eigenvalue weighted by molar-refractivity contribution is 6.30. The minimum Gasteiger partial charge on any atom is -0.351 e. The molecule has 2 aliphatic rings. The van der Waals surface area contributed by atoms with Crippen molar-refractivity contribution >= 4 is 40.2 Å². The van der Waals surface area contributed by atoms with Crippen molar-refractivity contribution in [1.29, 1.82) is 0 Å². The molecule has 1 saturated heterocycles.